The molecular weight excluding hydrogens is 364 g/mol. The Balaban J connectivity index is -0.0000000776. The van der Waals surface area contributed by atoms with Crippen LogP contribution in [0.15, 0.2) is 0 Å². The first kappa shape index (κ1) is 34.9. The minimum Gasteiger partial charge on any atom is -0.481 e. The Morgan fingerprint density at radius 3 is 0.769 bits per heavy atom. The van der Waals surface area contributed by atoms with Crippen LogP contribution in [-0.4, -0.2) is 101 Å². The van der Waals surface area contributed by atoms with Crippen LogP contribution in [0.3, 0.4) is 0 Å². The van der Waals surface area contributed by atoms with Crippen molar-refractivity contribution in [3.8, 4) is 0 Å². The average Bonchev–Trinajstić information content (AvgIpc) is 2.42. The van der Waals surface area contributed by atoms with Crippen LogP contribution in [0.1, 0.15) is 27.7 Å². The van der Waals surface area contributed by atoms with Crippen LogP contribution >= 0.6 is 0 Å². The zero-order chi connectivity index (χ0) is 22.5. The standard InChI is InChI=1S/C5H12O5.4C2H4O2/c6-1-3(8)5(10)4(9)2-7;4*1-2(3)4/h3-10H,1-2H2;4*1H3,(H,3,4). The summed E-state index contributed by atoms with van der Waals surface area (Å²) in [6, 6.07) is 0. The van der Waals surface area contributed by atoms with Crippen molar-refractivity contribution in [2.75, 3.05) is 13.2 Å². The molecule has 9 N–H and O–H groups in total. The van der Waals surface area contributed by atoms with E-state index in [4.69, 9.17) is 65.1 Å². The number of aliphatic carboxylic acids is 4. The van der Waals surface area contributed by atoms with Crippen LogP contribution < -0.4 is 0 Å². The predicted molar refractivity (Wildman–Crippen MR) is 85.4 cm³/mol. The van der Waals surface area contributed by atoms with Crippen LogP contribution in [0, 0.1) is 0 Å². The number of carbonyl (C=O) groups is 4. The fourth-order valence-corrected chi connectivity index (χ4v) is 0.472. The van der Waals surface area contributed by atoms with E-state index >= 15 is 0 Å². The molecule has 0 aliphatic rings. The Morgan fingerprint density at radius 2 is 0.692 bits per heavy atom. The van der Waals surface area contributed by atoms with Crippen molar-refractivity contribution in [1.29, 1.82) is 0 Å². The summed E-state index contributed by atoms with van der Waals surface area (Å²) in [5, 5.41) is 72.2. The molecule has 0 aromatic heterocycles. The monoisotopic (exact) mass is 392 g/mol. The highest BCUT2D eigenvalue weighted by molar-refractivity contribution is 5.63. The summed E-state index contributed by atoms with van der Waals surface area (Å²) in [5.74, 6) is -3.33. The van der Waals surface area contributed by atoms with Gasteiger partial charge in [-0.1, -0.05) is 0 Å². The molecule has 0 amide bonds. The number of rotatable bonds is 4. The first-order chi connectivity index (χ1) is 11.6. The maximum Gasteiger partial charge on any atom is 0.300 e. The smallest absolute Gasteiger partial charge is 0.300 e. The Kier molecular flexibility index (Phi) is 33.5. The Hall–Kier alpha value is -2.32. The van der Waals surface area contributed by atoms with Crippen molar-refractivity contribution in [2.24, 2.45) is 0 Å². The molecule has 0 aliphatic heterocycles. The zero-order valence-corrected chi connectivity index (χ0v) is 14.8. The molecule has 0 heterocycles. The summed E-state index contributed by atoms with van der Waals surface area (Å²) in [6.07, 6.45) is -4.29. The van der Waals surface area contributed by atoms with Gasteiger partial charge < -0.3 is 46.0 Å². The van der Waals surface area contributed by atoms with Gasteiger partial charge in [-0.3, -0.25) is 19.2 Å². The lowest BCUT2D eigenvalue weighted by Crippen LogP contribution is -2.41. The molecule has 0 bridgehead atoms. The molecule has 2 unspecified atom stereocenters. The summed E-state index contributed by atoms with van der Waals surface area (Å²) in [7, 11) is 0. The summed E-state index contributed by atoms with van der Waals surface area (Å²) in [5.41, 5.74) is 0. The minimum atomic E-state index is -1.49. The van der Waals surface area contributed by atoms with Gasteiger partial charge in [0, 0.05) is 27.7 Å². The van der Waals surface area contributed by atoms with Gasteiger partial charge in [0.2, 0.25) is 0 Å². The van der Waals surface area contributed by atoms with E-state index in [1.807, 2.05) is 0 Å². The molecule has 0 spiro atoms. The number of hydrogen-bond donors (Lipinski definition) is 9. The summed E-state index contributed by atoms with van der Waals surface area (Å²) in [6.45, 7) is 3.05. The van der Waals surface area contributed by atoms with Crippen molar-refractivity contribution in [3.05, 3.63) is 0 Å². The second-order valence-electron chi connectivity index (χ2n) is 4.07. The van der Waals surface area contributed by atoms with Crippen molar-refractivity contribution in [1.82, 2.24) is 0 Å². The molecule has 0 aromatic carbocycles. The third kappa shape index (κ3) is 98.9. The van der Waals surface area contributed by atoms with E-state index in [0.29, 0.717) is 0 Å². The highest BCUT2D eigenvalue weighted by Gasteiger charge is 2.22. The molecule has 2 atom stereocenters. The van der Waals surface area contributed by atoms with Gasteiger partial charge >= 0.3 is 0 Å². The molecule has 13 nitrogen and oxygen atoms in total. The highest BCUT2D eigenvalue weighted by Crippen LogP contribution is 1.97. The number of aliphatic hydroxyl groups is 5. The summed E-state index contributed by atoms with van der Waals surface area (Å²) >= 11 is 0. The Labute approximate surface area is 149 Å². The van der Waals surface area contributed by atoms with Crippen LogP contribution in [0.4, 0.5) is 0 Å². The maximum absolute atomic E-state index is 9.00. The first-order valence-electron chi connectivity index (χ1n) is 6.60. The fraction of sp³-hybridized carbons (Fsp3) is 0.692. The van der Waals surface area contributed by atoms with Gasteiger partial charge in [0.25, 0.3) is 23.9 Å². The second-order valence-corrected chi connectivity index (χ2v) is 4.07. The molecule has 0 aliphatic carbocycles. The van der Waals surface area contributed by atoms with Crippen LogP contribution in [0.2, 0.25) is 0 Å². The molecule has 158 valence electrons. The number of hydrogen-bond acceptors (Lipinski definition) is 9. The lowest BCUT2D eigenvalue weighted by Gasteiger charge is -2.19. The normalized spacial score (nSPS) is 11.6. The quantitative estimate of drug-likeness (QED) is 0.238. The van der Waals surface area contributed by atoms with Crippen molar-refractivity contribution in [3.63, 3.8) is 0 Å². The molecule has 0 rings (SSSR count). The number of carboxylic acids is 4. The SMILES string of the molecule is CC(=O)O.CC(=O)O.CC(=O)O.CC(=O)O.OCC(O)C(O)C(O)CO. The Bertz CT molecular complexity index is 295. The Morgan fingerprint density at radius 1 is 0.577 bits per heavy atom. The number of carboxylic acid groups (broad SMARTS) is 4. The van der Waals surface area contributed by atoms with Gasteiger partial charge in [0.1, 0.15) is 18.3 Å². The molecule has 0 saturated carbocycles. The van der Waals surface area contributed by atoms with E-state index in [-0.39, 0.29) is 0 Å². The largest absolute Gasteiger partial charge is 0.481 e. The van der Waals surface area contributed by atoms with Crippen molar-refractivity contribution >= 4 is 23.9 Å². The second kappa shape index (κ2) is 24.9. The van der Waals surface area contributed by atoms with Crippen LogP contribution in [0.5, 0.6) is 0 Å². The van der Waals surface area contributed by atoms with Gasteiger partial charge in [-0.05, 0) is 0 Å². The lowest BCUT2D eigenvalue weighted by molar-refractivity contribution is -0.135. The lowest BCUT2D eigenvalue weighted by atomic mass is 10.1. The summed E-state index contributed by atoms with van der Waals surface area (Å²) < 4.78 is 0. The van der Waals surface area contributed by atoms with E-state index in [9.17, 15) is 0 Å². The van der Waals surface area contributed by atoms with E-state index in [0.717, 1.165) is 27.7 Å². The van der Waals surface area contributed by atoms with Gasteiger partial charge in [0.05, 0.1) is 13.2 Å². The van der Waals surface area contributed by atoms with Gasteiger partial charge in [0.15, 0.2) is 0 Å². The van der Waals surface area contributed by atoms with Crippen LogP contribution in [-0.2, 0) is 19.2 Å². The molecule has 26 heavy (non-hydrogen) atoms. The minimum absolute atomic E-state index is 0.641. The van der Waals surface area contributed by atoms with Crippen LogP contribution in [0.25, 0.3) is 0 Å². The van der Waals surface area contributed by atoms with E-state index < -0.39 is 55.4 Å². The topological polar surface area (TPSA) is 250 Å². The molecule has 13 heteroatoms. The third-order valence-corrected chi connectivity index (χ3v) is 1.16. The molecule has 0 fully saturated rings. The molecule has 0 aromatic rings. The fourth-order valence-electron chi connectivity index (χ4n) is 0.472. The number of aliphatic hydroxyl groups excluding tert-OH is 5. The first-order valence-corrected chi connectivity index (χ1v) is 6.60. The van der Waals surface area contributed by atoms with E-state index in [1.165, 1.54) is 0 Å². The molecule has 0 saturated heterocycles. The van der Waals surface area contributed by atoms with E-state index in [1.54, 1.807) is 0 Å². The van der Waals surface area contributed by atoms with E-state index in [2.05, 4.69) is 0 Å². The third-order valence-electron chi connectivity index (χ3n) is 1.16. The van der Waals surface area contributed by atoms with Gasteiger partial charge in [-0.25, -0.2) is 0 Å². The van der Waals surface area contributed by atoms with Crippen molar-refractivity contribution in [2.45, 2.75) is 46.0 Å². The zero-order valence-electron chi connectivity index (χ0n) is 14.8. The van der Waals surface area contributed by atoms with Gasteiger partial charge in [-0.2, -0.15) is 0 Å². The summed E-state index contributed by atoms with van der Waals surface area (Å²) in [4.78, 5) is 36.0. The molecule has 0 radical (unpaired) electrons. The highest BCUT2D eigenvalue weighted by atomic mass is 16.4. The molecular formula is C13H28O13. The maximum atomic E-state index is 9.00. The average molecular weight is 392 g/mol. The van der Waals surface area contributed by atoms with Crippen molar-refractivity contribution < 1.29 is 65.1 Å². The predicted octanol–water partition coefficient (Wildman–Crippen LogP) is -2.58. The van der Waals surface area contributed by atoms with Gasteiger partial charge in [-0.15, -0.1) is 0 Å².